The SMILES string of the molecule is CC1(C)CC(=O)C2=C(Cc3[nH]ncc3C2(C)c2ccccc2)C1.CC1(C)CC(=O)C2=C(Cc3[nH]ncc3[C@@]2(C)c2ccccc2)C1.CC1(C)CC(=O)C2=C(Cc3[nH]ncc3[C@]2(C)c2ccccc2)C1. The maximum atomic E-state index is 13.1. The summed E-state index contributed by atoms with van der Waals surface area (Å²) in [7, 11) is 0. The Bertz CT molecular complexity index is 2770. The van der Waals surface area contributed by atoms with Gasteiger partial charge in [-0.15, -0.1) is 0 Å². The van der Waals surface area contributed by atoms with E-state index >= 15 is 0 Å². The number of aromatic nitrogens is 6. The molecule has 9 nitrogen and oxygen atoms in total. The number of benzene rings is 3. The summed E-state index contributed by atoms with van der Waals surface area (Å²) in [5.74, 6) is 0.901. The van der Waals surface area contributed by atoms with Crippen LogP contribution < -0.4 is 0 Å². The summed E-state index contributed by atoms with van der Waals surface area (Å²) in [5.41, 5.74) is 16.3. The molecule has 6 aliphatic carbocycles. The maximum absolute atomic E-state index is 13.1. The van der Waals surface area contributed by atoms with Crippen LogP contribution in [0.3, 0.4) is 0 Å². The van der Waals surface area contributed by atoms with Gasteiger partial charge in [-0.25, -0.2) is 0 Å². The molecule has 0 radical (unpaired) electrons. The van der Waals surface area contributed by atoms with Gasteiger partial charge in [-0.3, -0.25) is 29.7 Å². The number of allylic oxidation sites excluding steroid dienone is 6. The number of hydrogen-bond donors (Lipinski definition) is 3. The second kappa shape index (κ2) is 16.6. The number of carbonyl (C=O) groups is 3. The van der Waals surface area contributed by atoms with E-state index in [9.17, 15) is 14.4 Å². The number of rotatable bonds is 3. The topological polar surface area (TPSA) is 137 Å². The molecule has 3 aromatic heterocycles. The van der Waals surface area contributed by atoms with Gasteiger partial charge in [0.25, 0.3) is 0 Å². The highest BCUT2D eigenvalue weighted by Gasteiger charge is 2.50. The van der Waals surface area contributed by atoms with Gasteiger partial charge in [0.05, 0.1) is 18.6 Å². The standard InChI is InChI=1S/3C20H22N2O/c3*1-19(2)10-13-9-16-15(12-21-22-16)20(3,18(13)17(23)11-19)14-7-5-4-6-8-14/h3*4-8,12H,9-11H2,1-3H3,(H,21,22)/t2*20-;/m10./s1. The lowest BCUT2D eigenvalue weighted by molar-refractivity contribution is -0.119. The summed E-state index contributed by atoms with van der Waals surface area (Å²) in [6, 6.07) is 31.1. The van der Waals surface area contributed by atoms with Crippen molar-refractivity contribution in [3.05, 3.63) is 193 Å². The molecule has 0 fully saturated rings. The third-order valence-electron chi connectivity index (χ3n) is 16.4. The molecular formula is C60H66N6O3. The van der Waals surface area contributed by atoms with Crippen LogP contribution in [0.4, 0.5) is 0 Å². The van der Waals surface area contributed by atoms with Crippen molar-refractivity contribution in [3.63, 3.8) is 0 Å². The minimum atomic E-state index is -0.398. The van der Waals surface area contributed by atoms with Crippen molar-refractivity contribution in [1.29, 1.82) is 0 Å². The molecular weight excluding hydrogens is 853 g/mol. The molecule has 69 heavy (non-hydrogen) atoms. The monoisotopic (exact) mass is 919 g/mol. The van der Waals surface area contributed by atoms with E-state index in [1.165, 1.54) is 33.4 Å². The molecule has 3 aromatic carbocycles. The number of nitrogens with one attached hydrogen (secondary N) is 3. The third kappa shape index (κ3) is 7.77. The summed E-state index contributed by atoms with van der Waals surface area (Å²) in [6.45, 7) is 19.7. The number of aromatic amines is 3. The predicted octanol–water partition coefficient (Wildman–Crippen LogP) is 11.9. The number of carbonyl (C=O) groups excluding carboxylic acids is 3. The summed E-state index contributed by atoms with van der Waals surface area (Å²) in [5, 5.41) is 22.3. The average Bonchev–Trinajstić information content (AvgIpc) is 4.09. The fourth-order valence-corrected chi connectivity index (χ4v) is 13.6. The molecule has 3 atom stereocenters. The minimum Gasteiger partial charge on any atom is -0.294 e. The van der Waals surface area contributed by atoms with Crippen LogP contribution in [0.5, 0.6) is 0 Å². The molecule has 6 aromatic rings. The van der Waals surface area contributed by atoms with Crippen LogP contribution in [0.2, 0.25) is 0 Å². The van der Waals surface area contributed by atoms with Crippen LogP contribution in [-0.2, 0) is 49.9 Å². The first kappa shape index (κ1) is 46.3. The number of nitrogens with zero attached hydrogens (tertiary/aromatic N) is 3. The lowest BCUT2D eigenvalue weighted by atomic mass is 9.59. The highest BCUT2D eigenvalue weighted by Crippen LogP contribution is 2.55. The predicted molar refractivity (Wildman–Crippen MR) is 271 cm³/mol. The lowest BCUT2D eigenvalue weighted by Crippen LogP contribution is -2.40. The van der Waals surface area contributed by atoms with Crippen molar-refractivity contribution in [2.75, 3.05) is 0 Å². The Morgan fingerprint density at radius 3 is 0.855 bits per heavy atom. The Hall–Kier alpha value is -6.48. The van der Waals surface area contributed by atoms with Gasteiger partial charge >= 0.3 is 0 Å². The fraction of sp³-hybridized carbons (Fsp3) is 0.400. The Kier molecular flexibility index (Phi) is 11.1. The first-order chi connectivity index (χ1) is 32.7. The highest BCUT2D eigenvalue weighted by atomic mass is 16.1. The van der Waals surface area contributed by atoms with Crippen molar-refractivity contribution in [2.45, 2.75) is 136 Å². The zero-order chi connectivity index (χ0) is 48.7. The van der Waals surface area contributed by atoms with E-state index in [0.717, 1.165) is 89.0 Å². The normalized spacial score (nSPS) is 26.0. The quantitative estimate of drug-likeness (QED) is 0.162. The van der Waals surface area contributed by atoms with Gasteiger partial charge in [0.15, 0.2) is 17.3 Å². The highest BCUT2D eigenvalue weighted by molar-refractivity contribution is 6.03. The maximum Gasteiger partial charge on any atom is 0.160 e. The minimum absolute atomic E-state index is 0.0467. The second-order valence-corrected chi connectivity index (χ2v) is 23.5. The molecule has 3 N–H and O–H groups in total. The third-order valence-corrected chi connectivity index (χ3v) is 16.4. The Morgan fingerprint density at radius 1 is 0.362 bits per heavy atom. The van der Waals surface area contributed by atoms with E-state index in [0.29, 0.717) is 36.6 Å². The molecule has 0 amide bonds. The van der Waals surface area contributed by atoms with E-state index in [4.69, 9.17) is 0 Å². The Labute approximate surface area is 406 Å². The molecule has 1 unspecified atom stereocenters. The van der Waals surface area contributed by atoms with E-state index in [1.54, 1.807) is 0 Å². The van der Waals surface area contributed by atoms with Crippen LogP contribution >= 0.6 is 0 Å². The first-order valence-electron chi connectivity index (χ1n) is 24.8. The number of Topliss-reactive ketones (excluding diaryl/α,β-unsaturated/α-hetero) is 3. The Balaban J connectivity index is 0.000000120. The average molecular weight is 919 g/mol. The van der Waals surface area contributed by atoms with Gasteiger partial charge in [-0.05, 0) is 73.0 Å². The van der Waals surface area contributed by atoms with Crippen molar-refractivity contribution >= 4 is 17.3 Å². The molecule has 9 heteroatoms. The lowest BCUT2D eigenvalue weighted by Gasteiger charge is -2.43. The van der Waals surface area contributed by atoms with Crippen LogP contribution in [0.15, 0.2) is 143 Å². The molecule has 0 aliphatic heterocycles. The molecule has 0 saturated carbocycles. The van der Waals surface area contributed by atoms with Gasteiger partial charge in [0.2, 0.25) is 0 Å². The zero-order valence-electron chi connectivity index (χ0n) is 41.8. The van der Waals surface area contributed by atoms with Gasteiger partial charge in [-0.1, -0.05) is 149 Å². The first-order valence-corrected chi connectivity index (χ1v) is 24.8. The van der Waals surface area contributed by atoms with E-state index in [2.05, 4.69) is 129 Å². The van der Waals surface area contributed by atoms with Crippen molar-refractivity contribution < 1.29 is 14.4 Å². The molecule has 354 valence electrons. The molecule has 0 saturated heterocycles. The van der Waals surface area contributed by atoms with Gasteiger partial charge in [-0.2, -0.15) is 15.3 Å². The van der Waals surface area contributed by atoms with Crippen LogP contribution in [0, 0.1) is 16.2 Å². The van der Waals surface area contributed by atoms with E-state index in [-0.39, 0.29) is 16.2 Å². The Morgan fingerprint density at radius 2 is 0.609 bits per heavy atom. The molecule has 3 heterocycles. The van der Waals surface area contributed by atoms with Crippen molar-refractivity contribution in [2.24, 2.45) is 16.2 Å². The van der Waals surface area contributed by atoms with Crippen LogP contribution in [0.25, 0.3) is 0 Å². The zero-order valence-corrected chi connectivity index (χ0v) is 41.8. The van der Waals surface area contributed by atoms with Crippen molar-refractivity contribution in [1.82, 2.24) is 30.6 Å². The molecule has 0 spiro atoms. The number of H-pyrrole nitrogens is 3. The number of fused-ring (bicyclic) bond motifs is 3. The summed E-state index contributed by atoms with van der Waals surface area (Å²) < 4.78 is 0. The van der Waals surface area contributed by atoms with Crippen LogP contribution in [-0.4, -0.2) is 47.9 Å². The molecule has 12 rings (SSSR count). The van der Waals surface area contributed by atoms with Crippen LogP contribution in [0.1, 0.15) is 151 Å². The number of ketones is 3. The summed E-state index contributed by atoms with van der Waals surface area (Å²) in [6.07, 6.45) is 13.0. The van der Waals surface area contributed by atoms with Gasteiger partial charge < -0.3 is 0 Å². The largest absolute Gasteiger partial charge is 0.294 e. The summed E-state index contributed by atoms with van der Waals surface area (Å²) in [4.78, 5) is 39.2. The number of hydrogen-bond acceptors (Lipinski definition) is 6. The van der Waals surface area contributed by atoms with Gasteiger partial charge in [0, 0.05) is 105 Å². The van der Waals surface area contributed by atoms with Gasteiger partial charge in [0.1, 0.15) is 0 Å². The van der Waals surface area contributed by atoms with E-state index in [1.807, 2.05) is 73.2 Å². The summed E-state index contributed by atoms with van der Waals surface area (Å²) >= 11 is 0. The van der Waals surface area contributed by atoms with Crippen molar-refractivity contribution in [3.8, 4) is 0 Å². The fourth-order valence-electron chi connectivity index (χ4n) is 13.6. The second-order valence-electron chi connectivity index (χ2n) is 23.5. The molecule has 6 aliphatic rings. The smallest absolute Gasteiger partial charge is 0.160 e. The van der Waals surface area contributed by atoms with E-state index < -0.39 is 16.2 Å². The molecule has 0 bridgehead atoms.